The second-order valence-corrected chi connectivity index (χ2v) is 9.35. The summed E-state index contributed by atoms with van der Waals surface area (Å²) in [6, 6.07) is 5.77. The minimum Gasteiger partial charge on any atom is -0.0890 e. The highest BCUT2D eigenvalue weighted by molar-refractivity contribution is 6.80. The first-order valence-electron chi connectivity index (χ1n) is 5.26. The van der Waals surface area contributed by atoms with Gasteiger partial charge in [-0.05, 0) is 19.9 Å². The SMILES string of the molecule is CC=C(C)C[Si](CC)(CC)CC. The van der Waals surface area contributed by atoms with Crippen LogP contribution in [0.3, 0.4) is 0 Å². The Bertz CT molecular complexity index is 135. The van der Waals surface area contributed by atoms with E-state index in [1.54, 1.807) is 5.57 Å². The third-order valence-corrected chi connectivity index (χ3v) is 9.20. The minimum absolute atomic E-state index is 0.870. The Morgan fingerprint density at radius 3 is 1.75 bits per heavy atom. The average Bonchev–Trinajstić information content (AvgIpc) is 2.14. The van der Waals surface area contributed by atoms with Crippen molar-refractivity contribution in [2.45, 2.75) is 58.8 Å². The van der Waals surface area contributed by atoms with E-state index in [9.17, 15) is 0 Å². The van der Waals surface area contributed by atoms with Crippen LogP contribution >= 0.6 is 0 Å². The van der Waals surface area contributed by atoms with Crippen LogP contribution in [-0.2, 0) is 0 Å². The summed E-state index contributed by atoms with van der Waals surface area (Å²) in [7, 11) is -0.870. The molecule has 0 radical (unpaired) electrons. The second-order valence-electron chi connectivity index (χ2n) is 3.87. The van der Waals surface area contributed by atoms with Crippen molar-refractivity contribution >= 4 is 8.07 Å². The van der Waals surface area contributed by atoms with Crippen LogP contribution in [0.15, 0.2) is 11.6 Å². The zero-order valence-electron chi connectivity index (χ0n) is 9.41. The predicted octanol–water partition coefficient (Wildman–Crippen LogP) is 4.46. The fourth-order valence-corrected chi connectivity index (χ4v) is 5.46. The van der Waals surface area contributed by atoms with Crippen LogP contribution in [0.5, 0.6) is 0 Å². The van der Waals surface area contributed by atoms with Gasteiger partial charge in [-0.2, -0.15) is 0 Å². The van der Waals surface area contributed by atoms with Crippen LogP contribution in [0.1, 0.15) is 34.6 Å². The van der Waals surface area contributed by atoms with Crippen molar-refractivity contribution in [2.75, 3.05) is 0 Å². The molecule has 0 saturated heterocycles. The Kier molecular flexibility index (Phi) is 5.56. The normalized spacial score (nSPS) is 13.6. The van der Waals surface area contributed by atoms with Crippen molar-refractivity contribution in [2.24, 2.45) is 0 Å². The van der Waals surface area contributed by atoms with Gasteiger partial charge in [0, 0.05) is 0 Å². The van der Waals surface area contributed by atoms with E-state index in [4.69, 9.17) is 0 Å². The van der Waals surface area contributed by atoms with Crippen molar-refractivity contribution in [3.05, 3.63) is 11.6 Å². The molecule has 0 saturated carbocycles. The molecule has 12 heavy (non-hydrogen) atoms. The summed E-state index contributed by atoms with van der Waals surface area (Å²) in [5.74, 6) is 0. The first kappa shape index (κ1) is 12.0. The lowest BCUT2D eigenvalue weighted by Crippen LogP contribution is -2.31. The largest absolute Gasteiger partial charge is 0.0890 e. The molecule has 0 spiro atoms. The highest BCUT2D eigenvalue weighted by atomic mass is 28.3. The molecule has 0 N–H and O–H groups in total. The molecule has 0 aliphatic carbocycles. The van der Waals surface area contributed by atoms with E-state index in [1.165, 1.54) is 24.2 Å². The summed E-state index contributed by atoms with van der Waals surface area (Å²) in [6.45, 7) is 11.6. The van der Waals surface area contributed by atoms with Crippen LogP contribution in [0.25, 0.3) is 0 Å². The second kappa shape index (κ2) is 5.58. The van der Waals surface area contributed by atoms with Gasteiger partial charge in [0.15, 0.2) is 0 Å². The molecular weight excluding hydrogens is 160 g/mol. The van der Waals surface area contributed by atoms with Gasteiger partial charge >= 0.3 is 0 Å². The van der Waals surface area contributed by atoms with E-state index in [0.717, 1.165) is 0 Å². The Labute approximate surface area is 79.1 Å². The van der Waals surface area contributed by atoms with E-state index in [1.807, 2.05) is 0 Å². The lowest BCUT2D eigenvalue weighted by Gasteiger charge is -2.28. The van der Waals surface area contributed by atoms with Crippen LogP contribution in [-0.4, -0.2) is 8.07 Å². The average molecular weight is 184 g/mol. The maximum absolute atomic E-state index is 2.38. The molecule has 0 unspecified atom stereocenters. The number of rotatable bonds is 5. The molecule has 0 aliphatic rings. The standard InChI is InChI=1S/C11H24Si/c1-6-11(5)10-12(7-2,8-3)9-4/h6H,7-10H2,1-5H3. The van der Waals surface area contributed by atoms with Gasteiger partial charge in [-0.15, -0.1) is 0 Å². The maximum Gasteiger partial charge on any atom is 0.0567 e. The fraction of sp³-hybridized carbons (Fsp3) is 0.818. The van der Waals surface area contributed by atoms with E-state index < -0.39 is 8.07 Å². The molecule has 0 fully saturated rings. The molecule has 0 bridgehead atoms. The lowest BCUT2D eigenvalue weighted by atomic mass is 10.3. The quantitative estimate of drug-likeness (QED) is 0.437. The summed E-state index contributed by atoms with van der Waals surface area (Å²) in [5, 5.41) is 0. The molecule has 0 rings (SSSR count). The first-order valence-corrected chi connectivity index (χ1v) is 8.08. The van der Waals surface area contributed by atoms with Gasteiger partial charge in [-0.1, -0.05) is 50.6 Å². The summed E-state index contributed by atoms with van der Waals surface area (Å²) in [5.41, 5.74) is 1.60. The van der Waals surface area contributed by atoms with Gasteiger partial charge < -0.3 is 0 Å². The summed E-state index contributed by atoms with van der Waals surface area (Å²) in [4.78, 5) is 0. The van der Waals surface area contributed by atoms with Gasteiger partial charge in [0.2, 0.25) is 0 Å². The van der Waals surface area contributed by atoms with Gasteiger partial charge in [0.1, 0.15) is 0 Å². The maximum atomic E-state index is 2.38. The molecule has 0 atom stereocenters. The van der Waals surface area contributed by atoms with Crippen molar-refractivity contribution in [1.29, 1.82) is 0 Å². The molecule has 72 valence electrons. The van der Waals surface area contributed by atoms with Gasteiger partial charge in [0.05, 0.1) is 8.07 Å². The molecule has 1 heteroatoms. The van der Waals surface area contributed by atoms with Gasteiger partial charge in [-0.3, -0.25) is 0 Å². The number of hydrogen-bond donors (Lipinski definition) is 0. The molecule has 0 heterocycles. The third-order valence-electron chi connectivity index (χ3n) is 3.40. The molecule has 0 aromatic rings. The molecule has 0 aromatic carbocycles. The predicted molar refractivity (Wildman–Crippen MR) is 61.4 cm³/mol. The number of hydrogen-bond acceptors (Lipinski definition) is 0. The van der Waals surface area contributed by atoms with Crippen LogP contribution in [0.2, 0.25) is 24.2 Å². The van der Waals surface area contributed by atoms with Crippen molar-refractivity contribution in [1.82, 2.24) is 0 Å². The summed E-state index contributed by atoms with van der Waals surface area (Å²) < 4.78 is 0. The Morgan fingerprint density at radius 2 is 1.50 bits per heavy atom. The third kappa shape index (κ3) is 3.14. The molecule has 0 amide bonds. The van der Waals surface area contributed by atoms with Crippen LogP contribution in [0.4, 0.5) is 0 Å². The monoisotopic (exact) mass is 184 g/mol. The van der Waals surface area contributed by atoms with Gasteiger partial charge in [-0.25, -0.2) is 0 Å². The summed E-state index contributed by atoms with van der Waals surface area (Å²) >= 11 is 0. The lowest BCUT2D eigenvalue weighted by molar-refractivity contribution is 1.11. The molecule has 0 aliphatic heterocycles. The number of allylic oxidation sites excluding steroid dienone is 2. The van der Waals surface area contributed by atoms with E-state index in [0.29, 0.717) is 0 Å². The van der Waals surface area contributed by atoms with Crippen molar-refractivity contribution in [3.8, 4) is 0 Å². The summed E-state index contributed by atoms with van der Waals surface area (Å²) in [6.07, 6.45) is 2.28. The molecule has 0 nitrogen and oxygen atoms in total. The highest BCUT2D eigenvalue weighted by Gasteiger charge is 2.26. The van der Waals surface area contributed by atoms with E-state index in [-0.39, 0.29) is 0 Å². The Balaban J connectivity index is 4.30. The zero-order valence-corrected chi connectivity index (χ0v) is 10.4. The topological polar surface area (TPSA) is 0 Å². The van der Waals surface area contributed by atoms with E-state index >= 15 is 0 Å². The Hall–Kier alpha value is -0.0431. The molecule has 0 aromatic heterocycles. The Morgan fingerprint density at radius 1 is 1.08 bits per heavy atom. The van der Waals surface area contributed by atoms with Crippen molar-refractivity contribution in [3.63, 3.8) is 0 Å². The van der Waals surface area contributed by atoms with Crippen LogP contribution < -0.4 is 0 Å². The smallest absolute Gasteiger partial charge is 0.0567 e. The van der Waals surface area contributed by atoms with Crippen molar-refractivity contribution < 1.29 is 0 Å². The molecular formula is C11H24Si. The minimum atomic E-state index is -0.870. The first-order chi connectivity index (χ1) is 5.64. The van der Waals surface area contributed by atoms with Crippen LogP contribution in [0, 0.1) is 0 Å². The highest BCUT2D eigenvalue weighted by Crippen LogP contribution is 2.28. The van der Waals surface area contributed by atoms with Gasteiger partial charge in [0.25, 0.3) is 0 Å². The zero-order chi connectivity index (χ0) is 9.61. The van der Waals surface area contributed by atoms with E-state index in [2.05, 4.69) is 40.7 Å². The fourth-order valence-electron chi connectivity index (χ4n) is 1.82.